The quantitative estimate of drug-likeness (QED) is 0.490. The molecule has 3 rings (SSSR count). The van der Waals surface area contributed by atoms with Crippen LogP contribution < -0.4 is 20.1 Å². The van der Waals surface area contributed by atoms with Gasteiger partial charge >= 0.3 is 0 Å². The van der Waals surface area contributed by atoms with Crippen molar-refractivity contribution in [2.24, 2.45) is 0 Å². The SMILES string of the molecule is COc1cccc(NC(=O)CNc2ccccc2OCCCc2ccccc2)c1. The number of amides is 1. The molecule has 5 heteroatoms. The number of rotatable bonds is 10. The standard InChI is InChI=1S/C24H26N2O3/c1-28-21-13-7-12-20(17-21)26-24(27)18-25-22-14-5-6-15-23(22)29-16-8-11-19-9-3-2-4-10-19/h2-7,9-10,12-15,17,25H,8,11,16,18H2,1H3,(H,26,27). The summed E-state index contributed by atoms with van der Waals surface area (Å²) in [7, 11) is 1.60. The molecule has 0 atom stereocenters. The minimum Gasteiger partial charge on any atom is -0.497 e. The van der Waals surface area contributed by atoms with Crippen molar-refractivity contribution >= 4 is 17.3 Å². The lowest BCUT2D eigenvalue weighted by molar-refractivity contribution is -0.114. The highest BCUT2D eigenvalue weighted by Crippen LogP contribution is 2.24. The van der Waals surface area contributed by atoms with Gasteiger partial charge in [0.25, 0.3) is 0 Å². The third-order valence-electron chi connectivity index (χ3n) is 4.39. The average Bonchev–Trinajstić information content (AvgIpc) is 2.77. The highest BCUT2D eigenvalue weighted by atomic mass is 16.5. The monoisotopic (exact) mass is 390 g/mol. The van der Waals surface area contributed by atoms with E-state index in [1.807, 2.05) is 60.7 Å². The third kappa shape index (κ3) is 6.57. The molecular weight excluding hydrogens is 364 g/mol. The normalized spacial score (nSPS) is 10.2. The first kappa shape index (κ1) is 20.3. The second-order valence-electron chi connectivity index (χ2n) is 6.57. The largest absolute Gasteiger partial charge is 0.497 e. The van der Waals surface area contributed by atoms with E-state index in [0.29, 0.717) is 18.0 Å². The van der Waals surface area contributed by atoms with E-state index >= 15 is 0 Å². The van der Waals surface area contributed by atoms with Crippen molar-refractivity contribution in [2.75, 3.05) is 30.9 Å². The number of hydrogen-bond acceptors (Lipinski definition) is 4. The van der Waals surface area contributed by atoms with Gasteiger partial charge in [-0.1, -0.05) is 48.5 Å². The zero-order valence-corrected chi connectivity index (χ0v) is 16.6. The number of ether oxygens (including phenoxy) is 2. The Kier molecular flexibility index (Phi) is 7.52. The highest BCUT2D eigenvalue weighted by molar-refractivity contribution is 5.94. The zero-order chi connectivity index (χ0) is 20.3. The third-order valence-corrected chi connectivity index (χ3v) is 4.39. The molecule has 5 nitrogen and oxygen atoms in total. The van der Waals surface area contributed by atoms with Crippen LogP contribution in [0.5, 0.6) is 11.5 Å². The van der Waals surface area contributed by atoms with Crippen molar-refractivity contribution in [1.82, 2.24) is 0 Å². The molecule has 2 N–H and O–H groups in total. The second-order valence-corrected chi connectivity index (χ2v) is 6.57. The van der Waals surface area contributed by atoms with E-state index in [0.717, 1.165) is 24.3 Å². The Bertz CT molecular complexity index is 913. The van der Waals surface area contributed by atoms with Gasteiger partial charge in [0, 0.05) is 11.8 Å². The van der Waals surface area contributed by atoms with E-state index in [2.05, 4.69) is 22.8 Å². The molecule has 0 unspecified atom stereocenters. The smallest absolute Gasteiger partial charge is 0.243 e. The molecule has 0 radical (unpaired) electrons. The van der Waals surface area contributed by atoms with Gasteiger partial charge in [-0.25, -0.2) is 0 Å². The van der Waals surface area contributed by atoms with Crippen LogP contribution in [0.1, 0.15) is 12.0 Å². The van der Waals surface area contributed by atoms with E-state index < -0.39 is 0 Å². The molecule has 0 saturated carbocycles. The Morgan fingerprint density at radius 1 is 0.931 bits per heavy atom. The van der Waals surface area contributed by atoms with Crippen molar-refractivity contribution in [3.8, 4) is 11.5 Å². The summed E-state index contributed by atoms with van der Waals surface area (Å²) in [5.74, 6) is 1.30. The fraction of sp³-hybridized carbons (Fsp3) is 0.208. The predicted octanol–water partition coefficient (Wildman–Crippen LogP) is 4.76. The molecule has 150 valence electrons. The van der Waals surface area contributed by atoms with E-state index in [1.165, 1.54) is 5.56 Å². The summed E-state index contributed by atoms with van der Waals surface area (Å²) in [6.07, 6.45) is 1.90. The number of aryl methyl sites for hydroxylation is 1. The van der Waals surface area contributed by atoms with Crippen LogP contribution in [-0.4, -0.2) is 26.2 Å². The van der Waals surface area contributed by atoms with Crippen LogP contribution in [0.4, 0.5) is 11.4 Å². The highest BCUT2D eigenvalue weighted by Gasteiger charge is 2.07. The van der Waals surface area contributed by atoms with Crippen LogP contribution in [0.25, 0.3) is 0 Å². The van der Waals surface area contributed by atoms with Gasteiger partial charge < -0.3 is 20.1 Å². The van der Waals surface area contributed by atoms with E-state index in [-0.39, 0.29) is 12.5 Å². The molecule has 0 saturated heterocycles. The van der Waals surface area contributed by atoms with Crippen molar-refractivity contribution in [3.05, 3.63) is 84.4 Å². The van der Waals surface area contributed by atoms with Gasteiger partial charge in [-0.2, -0.15) is 0 Å². The van der Waals surface area contributed by atoms with Gasteiger partial charge in [-0.15, -0.1) is 0 Å². The maximum atomic E-state index is 12.3. The number of hydrogen-bond donors (Lipinski definition) is 2. The number of benzene rings is 3. The molecule has 3 aromatic rings. The van der Waals surface area contributed by atoms with Gasteiger partial charge in [0.15, 0.2) is 0 Å². The zero-order valence-electron chi connectivity index (χ0n) is 16.6. The number of carbonyl (C=O) groups is 1. The van der Waals surface area contributed by atoms with Gasteiger partial charge in [0.2, 0.25) is 5.91 Å². The Morgan fingerprint density at radius 2 is 1.72 bits per heavy atom. The first-order valence-corrected chi connectivity index (χ1v) is 9.68. The first-order chi connectivity index (χ1) is 14.2. The van der Waals surface area contributed by atoms with E-state index in [9.17, 15) is 4.79 Å². The van der Waals surface area contributed by atoms with Crippen LogP contribution in [-0.2, 0) is 11.2 Å². The number of methoxy groups -OCH3 is 1. The van der Waals surface area contributed by atoms with Crippen LogP contribution in [0.15, 0.2) is 78.9 Å². The van der Waals surface area contributed by atoms with Crippen molar-refractivity contribution in [2.45, 2.75) is 12.8 Å². The topological polar surface area (TPSA) is 59.6 Å². The van der Waals surface area contributed by atoms with Crippen molar-refractivity contribution in [1.29, 1.82) is 0 Å². The summed E-state index contributed by atoms with van der Waals surface area (Å²) < 4.78 is 11.1. The lowest BCUT2D eigenvalue weighted by Gasteiger charge is -2.13. The minimum absolute atomic E-state index is 0.140. The molecule has 0 aliphatic rings. The Labute approximate surface area is 171 Å². The Hall–Kier alpha value is -3.47. The number of carbonyl (C=O) groups excluding carboxylic acids is 1. The molecule has 0 aliphatic heterocycles. The van der Waals surface area contributed by atoms with Gasteiger partial charge in [-0.05, 0) is 42.7 Å². The van der Waals surface area contributed by atoms with E-state index in [4.69, 9.17) is 9.47 Å². The molecule has 0 fully saturated rings. The van der Waals surface area contributed by atoms with Gasteiger partial charge in [-0.3, -0.25) is 4.79 Å². The first-order valence-electron chi connectivity index (χ1n) is 9.68. The number of nitrogens with one attached hydrogen (secondary N) is 2. The summed E-state index contributed by atoms with van der Waals surface area (Å²) in [6, 6.07) is 25.3. The van der Waals surface area contributed by atoms with Gasteiger partial charge in [0.05, 0.1) is 25.9 Å². The van der Waals surface area contributed by atoms with Crippen molar-refractivity contribution in [3.63, 3.8) is 0 Å². The lowest BCUT2D eigenvalue weighted by Crippen LogP contribution is -2.22. The van der Waals surface area contributed by atoms with Crippen LogP contribution >= 0.6 is 0 Å². The minimum atomic E-state index is -0.142. The summed E-state index contributed by atoms with van der Waals surface area (Å²) in [4.78, 5) is 12.3. The number of para-hydroxylation sites is 2. The van der Waals surface area contributed by atoms with Crippen LogP contribution in [0.2, 0.25) is 0 Å². The summed E-state index contributed by atoms with van der Waals surface area (Å²) in [5, 5.41) is 6.01. The summed E-state index contributed by atoms with van der Waals surface area (Å²) in [5.41, 5.74) is 2.80. The Morgan fingerprint density at radius 3 is 2.55 bits per heavy atom. The molecule has 0 spiro atoms. The fourth-order valence-corrected chi connectivity index (χ4v) is 2.92. The van der Waals surface area contributed by atoms with E-state index in [1.54, 1.807) is 13.2 Å². The maximum Gasteiger partial charge on any atom is 0.243 e. The molecule has 29 heavy (non-hydrogen) atoms. The Balaban J connectivity index is 1.47. The molecule has 0 aliphatic carbocycles. The lowest BCUT2D eigenvalue weighted by atomic mass is 10.1. The van der Waals surface area contributed by atoms with Crippen LogP contribution in [0.3, 0.4) is 0 Å². The summed E-state index contributed by atoms with van der Waals surface area (Å²) in [6.45, 7) is 0.755. The molecule has 0 heterocycles. The maximum absolute atomic E-state index is 12.3. The molecule has 1 amide bonds. The molecule has 0 aromatic heterocycles. The fourth-order valence-electron chi connectivity index (χ4n) is 2.92. The molecule has 0 bridgehead atoms. The van der Waals surface area contributed by atoms with Gasteiger partial charge in [0.1, 0.15) is 11.5 Å². The predicted molar refractivity (Wildman–Crippen MR) is 117 cm³/mol. The average molecular weight is 390 g/mol. The van der Waals surface area contributed by atoms with Crippen molar-refractivity contribution < 1.29 is 14.3 Å². The second kappa shape index (κ2) is 10.8. The molecule has 3 aromatic carbocycles. The molecular formula is C24H26N2O3. The van der Waals surface area contributed by atoms with Crippen LogP contribution in [0, 0.1) is 0 Å². The number of anilines is 2. The summed E-state index contributed by atoms with van der Waals surface area (Å²) >= 11 is 0.